The quantitative estimate of drug-likeness (QED) is 0.386. The van der Waals surface area contributed by atoms with Gasteiger partial charge in [0.15, 0.2) is 0 Å². The van der Waals surface area contributed by atoms with Crippen LogP contribution in [-0.4, -0.2) is 0 Å². The Hall–Kier alpha value is -3.06. The van der Waals surface area contributed by atoms with Gasteiger partial charge >= 0.3 is 0 Å². The molecule has 4 aromatic rings. The summed E-state index contributed by atoms with van der Waals surface area (Å²) in [6.07, 6.45) is 2.03. The molecule has 0 saturated carbocycles. The van der Waals surface area contributed by atoms with Crippen LogP contribution in [0.1, 0.15) is 11.1 Å². The van der Waals surface area contributed by atoms with Crippen LogP contribution in [0.25, 0.3) is 33.3 Å². The lowest BCUT2D eigenvalue weighted by Gasteiger charge is -2.09. The second-order valence-corrected chi connectivity index (χ2v) is 5.74. The average Bonchev–Trinajstić information content (AvgIpc) is 2.60. The molecule has 23 heavy (non-hydrogen) atoms. The van der Waals surface area contributed by atoms with Crippen LogP contribution >= 0.6 is 0 Å². The molecular weight excluding hydrogens is 278 g/mol. The van der Waals surface area contributed by atoms with Crippen LogP contribution in [0.3, 0.4) is 0 Å². The van der Waals surface area contributed by atoms with Gasteiger partial charge in [0.05, 0.1) is 0 Å². The van der Waals surface area contributed by atoms with E-state index in [9.17, 15) is 0 Å². The smallest absolute Gasteiger partial charge is 0.0399 e. The van der Waals surface area contributed by atoms with Gasteiger partial charge in [-0.3, -0.25) is 0 Å². The standard InChI is InChI=1S/C22H17N/c23-22(13-16-7-2-1-3-8-16)20-12-6-11-19-14-17-9-4-5-10-18(17)15-21(19)20/h1-15H,23H2. The molecule has 0 unspecified atom stereocenters. The van der Waals surface area contributed by atoms with E-state index in [0.29, 0.717) is 0 Å². The van der Waals surface area contributed by atoms with Gasteiger partial charge in [-0.05, 0) is 45.3 Å². The van der Waals surface area contributed by atoms with Crippen molar-refractivity contribution in [2.24, 2.45) is 5.73 Å². The fourth-order valence-electron chi connectivity index (χ4n) is 3.03. The predicted molar refractivity (Wildman–Crippen MR) is 100.0 cm³/mol. The van der Waals surface area contributed by atoms with Crippen molar-refractivity contribution in [1.82, 2.24) is 0 Å². The molecule has 0 aliphatic carbocycles. The SMILES string of the molecule is NC(=Cc1ccccc1)c1cccc2cc3ccccc3cc12. The molecule has 0 aliphatic rings. The third kappa shape index (κ3) is 2.58. The lowest BCUT2D eigenvalue weighted by atomic mass is 9.97. The zero-order chi connectivity index (χ0) is 15.6. The van der Waals surface area contributed by atoms with Crippen LogP contribution in [-0.2, 0) is 0 Å². The van der Waals surface area contributed by atoms with E-state index in [0.717, 1.165) is 16.8 Å². The van der Waals surface area contributed by atoms with E-state index in [4.69, 9.17) is 5.73 Å². The zero-order valence-corrected chi connectivity index (χ0v) is 12.7. The van der Waals surface area contributed by atoms with Crippen LogP contribution in [0, 0.1) is 0 Å². The molecule has 4 rings (SSSR count). The molecule has 0 radical (unpaired) electrons. The summed E-state index contributed by atoms with van der Waals surface area (Å²) in [7, 11) is 0. The molecule has 1 nitrogen and oxygen atoms in total. The fraction of sp³-hybridized carbons (Fsp3) is 0. The highest BCUT2D eigenvalue weighted by Crippen LogP contribution is 2.28. The van der Waals surface area contributed by atoms with E-state index in [1.807, 2.05) is 24.3 Å². The zero-order valence-electron chi connectivity index (χ0n) is 12.7. The van der Waals surface area contributed by atoms with E-state index in [2.05, 4.69) is 66.7 Å². The summed E-state index contributed by atoms with van der Waals surface area (Å²) in [6, 6.07) is 29.4. The Morgan fingerprint density at radius 1 is 0.652 bits per heavy atom. The molecule has 0 saturated heterocycles. The second kappa shape index (κ2) is 5.62. The Labute approximate surface area is 135 Å². The number of nitrogens with two attached hydrogens (primary N) is 1. The van der Waals surface area contributed by atoms with Crippen molar-refractivity contribution in [1.29, 1.82) is 0 Å². The highest BCUT2D eigenvalue weighted by molar-refractivity contribution is 6.04. The highest BCUT2D eigenvalue weighted by Gasteiger charge is 2.05. The third-order valence-electron chi connectivity index (χ3n) is 4.18. The first-order chi connectivity index (χ1) is 11.3. The molecule has 0 aromatic heterocycles. The van der Waals surface area contributed by atoms with Crippen molar-refractivity contribution in [2.75, 3.05) is 0 Å². The van der Waals surface area contributed by atoms with E-state index >= 15 is 0 Å². The van der Waals surface area contributed by atoms with Gasteiger partial charge in [0.25, 0.3) is 0 Å². The van der Waals surface area contributed by atoms with Crippen molar-refractivity contribution in [3.63, 3.8) is 0 Å². The largest absolute Gasteiger partial charge is 0.398 e. The van der Waals surface area contributed by atoms with Gasteiger partial charge in [-0.15, -0.1) is 0 Å². The van der Waals surface area contributed by atoms with Gasteiger partial charge in [0, 0.05) is 11.3 Å². The Balaban J connectivity index is 1.93. The van der Waals surface area contributed by atoms with Crippen molar-refractivity contribution in [3.05, 3.63) is 96.1 Å². The molecule has 0 spiro atoms. The lowest BCUT2D eigenvalue weighted by Crippen LogP contribution is -1.97. The molecule has 0 fully saturated rings. The summed E-state index contributed by atoms with van der Waals surface area (Å²) in [5, 5.41) is 4.89. The number of hydrogen-bond acceptors (Lipinski definition) is 1. The highest BCUT2D eigenvalue weighted by atomic mass is 14.6. The first-order valence-electron chi connectivity index (χ1n) is 7.75. The molecular formula is C22H17N. The summed E-state index contributed by atoms with van der Waals surface area (Å²) >= 11 is 0. The minimum atomic E-state index is 0.789. The van der Waals surface area contributed by atoms with Crippen LogP contribution in [0.15, 0.2) is 84.9 Å². The number of rotatable bonds is 2. The molecule has 0 heterocycles. The van der Waals surface area contributed by atoms with E-state index < -0.39 is 0 Å². The summed E-state index contributed by atoms with van der Waals surface area (Å²) in [5.41, 5.74) is 9.38. The predicted octanol–water partition coefficient (Wildman–Crippen LogP) is 5.45. The Morgan fingerprint density at radius 3 is 2.09 bits per heavy atom. The van der Waals surface area contributed by atoms with Gasteiger partial charge in [0.1, 0.15) is 0 Å². The first-order valence-corrected chi connectivity index (χ1v) is 7.75. The Kier molecular flexibility index (Phi) is 3.32. The van der Waals surface area contributed by atoms with Gasteiger partial charge in [0.2, 0.25) is 0 Å². The molecule has 0 amide bonds. The molecule has 4 aromatic carbocycles. The van der Waals surface area contributed by atoms with Crippen LogP contribution in [0.2, 0.25) is 0 Å². The molecule has 2 N–H and O–H groups in total. The third-order valence-corrected chi connectivity index (χ3v) is 4.18. The molecule has 1 heteroatoms. The maximum absolute atomic E-state index is 6.40. The normalized spacial score (nSPS) is 11.9. The lowest BCUT2D eigenvalue weighted by molar-refractivity contribution is 1.56. The van der Waals surface area contributed by atoms with Crippen molar-refractivity contribution in [3.8, 4) is 0 Å². The maximum atomic E-state index is 6.40. The monoisotopic (exact) mass is 295 g/mol. The molecule has 0 bridgehead atoms. The van der Waals surface area contributed by atoms with Crippen LogP contribution in [0.4, 0.5) is 0 Å². The van der Waals surface area contributed by atoms with Gasteiger partial charge < -0.3 is 5.73 Å². The number of fused-ring (bicyclic) bond motifs is 2. The fourth-order valence-corrected chi connectivity index (χ4v) is 3.03. The summed E-state index contributed by atoms with van der Waals surface area (Å²) in [4.78, 5) is 0. The molecule has 0 aliphatic heterocycles. The maximum Gasteiger partial charge on any atom is 0.0399 e. The molecule has 0 atom stereocenters. The van der Waals surface area contributed by atoms with Crippen LogP contribution < -0.4 is 5.73 Å². The number of benzene rings is 4. The van der Waals surface area contributed by atoms with Gasteiger partial charge in [-0.25, -0.2) is 0 Å². The van der Waals surface area contributed by atoms with Gasteiger partial charge in [-0.2, -0.15) is 0 Å². The minimum absolute atomic E-state index is 0.789. The van der Waals surface area contributed by atoms with E-state index in [1.165, 1.54) is 21.5 Å². The minimum Gasteiger partial charge on any atom is -0.398 e. The average molecular weight is 295 g/mol. The second-order valence-electron chi connectivity index (χ2n) is 5.74. The van der Waals surface area contributed by atoms with E-state index in [1.54, 1.807) is 0 Å². The van der Waals surface area contributed by atoms with Crippen LogP contribution in [0.5, 0.6) is 0 Å². The van der Waals surface area contributed by atoms with E-state index in [-0.39, 0.29) is 0 Å². The Morgan fingerprint density at radius 2 is 1.30 bits per heavy atom. The van der Waals surface area contributed by atoms with Crippen molar-refractivity contribution in [2.45, 2.75) is 0 Å². The number of hydrogen-bond donors (Lipinski definition) is 1. The topological polar surface area (TPSA) is 26.0 Å². The Bertz CT molecular complexity index is 1010. The summed E-state index contributed by atoms with van der Waals surface area (Å²) < 4.78 is 0. The van der Waals surface area contributed by atoms with Gasteiger partial charge in [-0.1, -0.05) is 72.8 Å². The summed E-state index contributed by atoms with van der Waals surface area (Å²) in [5.74, 6) is 0. The van der Waals surface area contributed by atoms with Crippen molar-refractivity contribution >= 4 is 33.3 Å². The van der Waals surface area contributed by atoms with Crippen molar-refractivity contribution < 1.29 is 0 Å². The molecule has 110 valence electrons. The first kappa shape index (κ1) is 13.6. The summed E-state index contributed by atoms with van der Waals surface area (Å²) in [6.45, 7) is 0.